The molecule has 0 atom stereocenters. The highest BCUT2D eigenvalue weighted by Gasteiger charge is 2.82. The van der Waals surface area contributed by atoms with Crippen LogP contribution in [0.5, 0.6) is 0 Å². The molecule has 0 radical (unpaired) electrons. The molecule has 1 heteroatoms. The topological polar surface area (TPSA) is 12.5 Å². The van der Waals surface area contributed by atoms with E-state index < -0.39 is 0 Å². The van der Waals surface area contributed by atoms with Crippen molar-refractivity contribution in [2.24, 2.45) is 0 Å². The second-order valence-corrected chi connectivity index (χ2v) is 3.09. The zero-order chi connectivity index (χ0) is 4.54. The van der Waals surface area contributed by atoms with Crippen molar-refractivity contribution in [2.45, 2.75) is 36.9 Å². The lowest BCUT2D eigenvalue weighted by Gasteiger charge is -2.37. The van der Waals surface area contributed by atoms with Crippen LogP contribution >= 0.6 is 0 Å². The Morgan fingerprint density at radius 1 is 0.857 bits per heavy atom. The van der Waals surface area contributed by atoms with Crippen LogP contribution in [0.15, 0.2) is 0 Å². The molecular formula is C6H8O. The van der Waals surface area contributed by atoms with Crippen LogP contribution in [0.2, 0.25) is 0 Å². The summed E-state index contributed by atoms with van der Waals surface area (Å²) in [5.74, 6) is 0. The molecule has 0 N–H and O–H groups in total. The summed E-state index contributed by atoms with van der Waals surface area (Å²) >= 11 is 0. The van der Waals surface area contributed by atoms with E-state index in [-0.39, 0.29) is 0 Å². The molecule has 0 aromatic carbocycles. The molecule has 2 aliphatic carbocycles. The zero-order valence-electron chi connectivity index (χ0n) is 4.24. The summed E-state index contributed by atoms with van der Waals surface area (Å²) in [7, 11) is 0. The summed E-state index contributed by atoms with van der Waals surface area (Å²) in [6, 6.07) is 0. The van der Waals surface area contributed by atoms with Crippen molar-refractivity contribution in [3.63, 3.8) is 0 Å². The van der Waals surface area contributed by atoms with Crippen molar-refractivity contribution in [1.29, 1.82) is 0 Å². The number of rotatable bonds is 0. The Morgan fingerprint density at radius 2 is 1.29 bits per heavy atom. The molecule has 1 heterocycles. The molecule has 3 fully saturated rings. The Balaban J connectivity index is 2.15. The minimum Gasteiger partial charge on any atom is -0.363 e. The van der Waals surface area contributed by atoms with E-state index in [4.69, 9.17) is 4.74 Å². The molecule has 0 aromatic heterocycles. The molecule has 1 aliphatic heterocycles. The van der Waals surface area contributed by atoms with Crippen LogP contribution < -0.4 is 0 Å². The van der Waals surface area contributed by atoms with Crippen molar-refractivity contribution in [3.05, 3.63) is 0 Å². The Bertz CT molecular complexity index is 115. The van der Waals surface area contributed by atoms with Gasteiger partial charge in [-0.25, -0.2) is 0 Å². The number of hydrogen-bond donors (Lipinski definition) is 0. The second kappa shape index (κ2) is 0.510. The standard InChI is InChI=1S/C6H8O/c1-2-6-4-3-5(1,6)7-6/h1-4H2. The maximum absolute atomic E-state index is 5.51. The van der Waals surface area contributed by atoms with Crippen molar-refractivity contribution in [1.82, 2.24) is 0 Å². The molecule has 0 bridgehead atoms. The van der Waals surface area contributed by atoms with Crippen molar-refractivity contribution in [3.8, 4) is 0 Å². The second-order valence-electron chi connectivity index (χ2n) is 3.09. The summed E-state index contributed by atoms with van der Waals surface area (Å²) in [5, 5.41) is 0. The van der Waals surface area contributed by atoms with Gasteiger partial charge in [0.15, 0.2) is 0 Å². The normalized spacial score (nSPS) is 72.0. The van der Waals surface area contributed by atoms with Crippen molar-refractivity contribution >= 4 is 0 Å². The number of ether oxygens (including phenoxy) is 1. The van der Waals surface area contributed by atoms with E-state index in [1.807, 2.05) is 0 Å². The summed E-state index contributed by atoms with van der Waals surface area (Å²) < 4.78 is 5.51. The highest BCUT2D eigenvalue weighted by molar-refractivity contribution is 5.31. The summed E-state index contributed by atoms with van der Waals surface area (Å²) in [4.78, 5) is 0. The van der Waals surface area contributed by atoms with Gasteiger partial charge >= 0.3 is 0 Å². The van der Waals surface area contributed by atoms with Crippen LogP contribution in [-0.4, -0.2) is 11.2 Å². The van der Waals surface area contributed by atoms with Crippen LogP contribution in [0.1, 0.15) is 25.7 Å². The van der Waals surface area contributed by atoms with Crippen LogP contribution in [0.3, 0.4) is 0 Å². The predicted octanol–water partition coefficient (Wildman–Crippen LogP) is 1.08. The molecule has 3 rings (SSSR count). The van der Waals surface area contributed by atoms with Gasteiger partial charge in [-0.05, 0) is 25.7 Å². The van der Waals surface area contributed by atoms with Gasteiger partial charge in [0.1, 0.15) is 0 Å². The molecule has 0 amide bonds. The smallest absolute Gasteiger partial charge is 0.0982 e. The molecule has 7 heavy (non-hydrogen) atoms. The van der Waals surface area contributed by atoms with Crippen molar-refractivity contribution in [2.75, 3.05) is 0 Å². The molecule has 0 spiro atoms. The van der Waals surface area contributed by atoms with Crippen molar-refractivity contribution < 1.29 is 4.74 Å². The third kappa shape index (κ3) is 0.129. The minimum absolute atomic E-state index is 0.507. The van der Waals surface area contributed by atoms with Gasteiger partial charge in [0, 0.05) is 0 Å². The van der Waals surface area contributed by atoms with Gasteiger partial charge in [-0.1, -0.05) is 0 Å². The molecule has 3 aliphatic rings. The lowest BCUT2D eigenvalue weighted by molar-refractivity contribution is 0.200. The van der Waals surface area contributed by atoms with E-state index in [9.17, 15) is 0 Å². The highest BCUT2D eigenvalue weighted by atomic mass is 16.6. The summed E-state index contributed by atoms with van der Waals surface area (Å²) in [6.07, 6.45) is 5.47. The van der Waals surface area contributed by atoms with E-state index in [0.717, 1.165) is 0 Å². The highest BCUT2D eigenvalue weighted by Crippen LogP contribution is 2.75. The quantitative estimate of drug-likeness (QED) is 0.411. The fourth-order valence-electron chi connectivity index (χ4n) is 2.17. The van der Waals surface area contributed by atoms with E-state index in [2.05, 4.69) is 0 Å². The maximum atomic E-state index is 5.51. The summed E-state index contributed by atoms with van der Waals surface area (Å²) in [5.41, 5.74) is 1.01. The molecule has 0 unspecified atom stereocenters. The Morgan fingerprint density at radius 3 is 1.29 bits per heavy atom. The van der Waals surface area contributed by atoms with E-state index in [1.54, 1.807) is 0 Å². The first-order chi connectivity index (χ1) is 3.37. The Labute approximate surface area is 42.7 Å². The van der Waals surface area contributed by atoms with Gasteiger partial charge in [0.05, 0.1) is 11.2 Å². The third-order valence-electron chi connectivity index (χ3n) is 3.04. The third-order valence-corrected chi connectivity index (χ3v) is 3.04. The monoisotopic (exact) mass is 96.1 g/mol. The van der Waals surface area contributed by atoms with Gasteiger partial charge in [0.2, 0.25) is 0 Å². The van der Waals surface area contributed by atoms with E-state index >= 15 is 0 Å². The van der Waals surface area contributed by atoms with E-state index in [1.165, 1.54) is 25.7 Å². The largest absolute Gasteiger partial charge is 0.363 e. The fourth-order valence-corrected chi connectivity index (χ4v) is 2.17. The molecule has 38 valence electrons. The minimum atomic E-state index is 0.507. The lowest BCUT2D eigenvalue weighted by atomic mass is 9.60. The first-order valence-electron chi connectivity index (χ1n) is 3.07. The van der Waals surface area contributed by atoms with Gasteiger partial charge in [-0.2, -0.15) is 0 Å². The first-order valence-corrected chi connectivity index (χ1v) is 3.07. The molecule has 1 saturated heterocycles. The molecule has 0 aromatic rings. The average molecular weight is 96.1 g/mol. The van der Waals surface area contributed by atoms with Gasteiger partial charge in [0.25, 0.3) is 0 Å². The number of epoxide rings is 1. The van der Waals surface area contributed by atoms with Gasteiger partial charge in [-0.15, -0.1) is 0 Å². The van der Waals surface area contributed by atoms with Crippen LogP contribution in [-0.2, 0) is 4.74 Å². The number of hydrogen-bond acceptors (Lipinski definition) is 1. The van der Waals surface area contributed by atoms with Crippen LogP contribution in [0.4, 0.5) is 0 Å². The Hall–Kier alpha value is -0.0400. The molecule has 2 saturated carbocycles. The predicted molar refractivity (Wildman–Crippen MR) is 25.0 cm³/mol. The first kappa shape index (κ1) is 3.08. The molecular weight excluding hydrogens is 88.1 g/mol. The molecule has 1 nitrogen and oxygen atoms in total. The van der Waals surface area contributed by atoms with E-state index in [0.29, 0.717) is 11.2 Å². The maximum Gasteiger partial charge on any atom is 0.0982 e. The van der Waals surface area contributed by atoms with Crippen LogP contribution in [0.25, 0.3) is 0 Å². The average Bonchev–Trinajstić information content (AvgIpc) is 2.09. The Kier molecular flexibility index (Phi) is 0.224. The fraction of sp³-hybridized carbons (Fsp3) is 1.00. The summed E-state index contributed by atoms with van der Waals surface area (Å²) in [6.45, 7) is 0. The van der Waals surface area contributed by atoms with Crippen LogP contribution in [0, 0.1) is 0 Å². The van der Waals surface area contributed by atoms with Gasteiger partial charge in [-0.3, -0.25) is 0 Å². The van der Waals surface area contributed by atoms with Gasteiger partial charge < -0.3 is 4.74 Å². The zero-order valence-corrected chi connectivity index (χ0v) is 4.24. The lowest BCUT2D eigenvalue weighted by Crippen LogP contribution is -2.45. The SMILES string of the molecule is C1CC23CCC12O3.